The van der Waals surface area contributed by atoms with Crippen molar-refractivity contribution in [3.8, 4) is 11.1 Å². The highest BCUT2D eigenvalue weighted by Gasteiger charge is 2.34. The van der Waals surface area contributed by atoms with Crippen molar-refractivity contribution in [2.24, 2.45) is 11.5 Å². The van der Waals surface area contributed by atoms with Gasteiger partial charge >= 0.3 is 0 Å². The lowest BCUT2D eigenvalue weighted by Gasteiger charge is -2.32. The Labute approximate surface area is 335 Å². The number of amides is 3. The fourth-order valence-electron chi connectivity index (χ4n) is 6.96. The highest BCUT2D eigenvalue weighted by Crippen LogP contribution is 2.40. The Balaban J connectivity index is 1.45. The molecule has 294 valence electrons. The molecule has 0 bridgehead atoms. The molecule has 5 aromatic rings. The Bertz CT molecular complexity index is 2160. The van der Waals surface area contributed by atoms with Gasteiger partial charge in [0.05, 0.1) is 11.1 Å². The minimum absolute atomic E-state index is 0.0972. The Hall–Kier alpha value is -4.99. The van der Waals surface area contributed by atoms with Gasteiger partial charge in [0.2, 0.25) is 17.7 Å². The number of H-pyrrole nitrogens is 1. The molecule has 3 atom stereocenters. The fourth-order valence-corrected chi connectivity index (χ4v) is 8.31. The van der Waals surface area contributed by atoms with Gasteiger partial charge in [-0.25, -0.2) is 9.97 Å². The van der Waals surface area contributed by atoms with E-state index in [1.165, 1.54) is 16.7 Å². The van der Waals surface area contributed by atoms with Gasteiger partial charge in [-0.2, -0.15) is 0 Å². The molecule has 0 saturated carbocycles. The Kier molecular flexibility index (Phi) is 14.0. The highest BCUT2D eigenvalue weighted by atomic mass is 35.5. The quantitative estimate of drug-likeness (QED) is 0.0983. The van der Waals surface area contributed by atoms with Crippen molar-refractivity contribution in [2.45, 2.75) is 79.7 Å². The predicted molar refractivity (Wildman–Crippen MR) is 222 cm³/mol. The number of nitrogens with zero attached hydrogens (tertiary/aromatic N) is 3. The van der Waals surface area contributed by atoms with E-state index in [0.717, 1.165) is 38.7 Å². The van der Waals surface area contributed by atoms with Crippen LogP contribution in [0.1, 0.15) is 48.8 Å². The molecule has 6 rings (SSSR count). The summed E-state index contributed by atoms with van der Waals surface area (Å²) in [7, 11) is 1.62. The number of likely N-dealkylation sites (N-methyl/N-ethyl adjacent to an activating group) is 1. The summed E-state index contributed by atoms with van der Waals surface area (Å²) in [4.78, 5) is 57.5. The number of aromatic nitrogens is 3. The standard InChI is InChI=1S/C41H49ClN10O3S/c1-52-35(20-28-23-48-32-10-3-2-9-30(28)32)39(54)50-24-29-18-27(25-13-17-46-36(45)21-25)19-31(42)37(29)56-40-26(8-7-16-47-40)22-49-33(12-6-15-44)38(53)51-34(41(52)55)11-4-5-14-43/h2-3,7-10,13,16-19,21,23,33-35,48-49H,4-6,11-12,14-15,20,22,24,43-44H2,1H3,(H2,45,46)(H,50,54)(H,51,53)/t33-,34?,35?/m0/s1. The van der Waals surface area contributed by atoms with Crippen molar-refractivity contribution in [1.82, 2.24) is 35.8 Å². The van der Waals surface area contributed by atoms with Gasteiger partial charge in [-0.3, -0.25) is 14.4 Å². The number of fused-ring (bicyclic) bond motifs is 3. The van der Waals surface area contributed by atoms with Crippen molar-refractivity contribution < 1.29 is 14.4 Å². The first-order valence-corrected chi connectivity index (χ1v) is 20.1. The maximum Gasteiger partial charge on any atom is 0.245 e. The molecule has 0 saturated heterocycles. The van der Waals surface area contributed by atoms with Crippen LogP contribution in [-0.2, 0) is 33.9 Å². The molecule has 2 unspecified atom stereocenters. The molecule has 3 aromatic heterocycles. The lowest BCUT2D eigenvalue weighted by Crippen LogP contribution is -2.57. The first-order valence-electron chi connectivity index (χ1n) is 18.9. The van der Waals surface area contributed by atoms with Gasteiger partial charge < -0.3 is 43.0 Å². The van der Waals surface area contributed by atoms with E-state index in [2.05, 4.69) is 25.9 Å². The number of carbonyl (C=O) groups excluding carboxylic acids is 3. The zero-order chi connectivity index (χ0) is 39.6. The number of unbranched alkanes of at least 4 members (excludes halogenated alkanes) is 1. The van der Waals surface area contributed by atoms with E-state index in [-0.39, 0.29) is 30.7 Å². The van der Waals surface area contributed by atoms with Crippen molar-refractivity contribution in [1.29, 1.82) is 0 Å². The van der Waals surface area contributed by atoms with Gasteiger partial charge in [-0.1, -0.05) is 47.6 Å². The maximum absolute atomic E-state index is 14.6. The molecule has 0 spiro atoms. The monoisotopic (exact) mass is 796 g/mol. The number of anilines is 1. The average molecular weight is 797 g/mol. The summed E-state index contributed by atoms with van der Waals surface area (Å²) in [6.45, 7) is 1.26. The minimum Gasteiger partial charge on any atom is -0.384 e. The van der Waals surface area contributed by atoms with Crippen LogP contribution in [0.2, 0.25) is 5.02 Å². The van der Waals surface area contributed by atoms with Crippen molar-refractivity contribution in [3.63, 3.8) is 0 Å². The van der Waals surface area contributed by atoms with Gasteiger partial charge in [0.15, 0.2) is 0 Å². The van der Waals surface area contributed by atoms with E-state index >= 15 is 0 Å². The van der Waals surface area contributed by atoms with Crippen molar-refractivity contribution >= 4 is 57.8 Å². The highest BCUT2D eigenvalue weighted by molar-refractivity contribution is 7.99. The van der Waals surface area contributed by atoms with Gasteiger partial charge in [-0.05, 0) is 109 Å². The molecular weight excluding hydrogens is 748 g/mol. The van der Waals surface area contributed by atoms with E-state index in [9.17, 15) is 14.4 Å². The number of nitrogens with one attached hydrogen (secondary N) is 4. The van der Waals surface area contributed by atoms with Crippen LogP contribution in [0.25, 0.3) is 22.0 Å². The molecule has 56 heavy (non-hydrogen) atoms. The number of benzene rings is 2. The number of nitrogens with two attached hydrogens (primary N) is 3. The molecule has 1 aliphatic rings. The van der Waals surface area contributed by atoms with E-state index in [4.69, 9.17) is 33.8 Å². The van der Waals surface area contributed by atoms with Crippen LogP contribution in [0.3, 0.4) is 0 Å². The molecule has 0 radical (unpaired) electrons. The minimum atomic E-state index is -0.936. The van der Waals surface area contributed by atoms with Crippen molar-refractivity contribution in [3.05, 3.63) is 101 Å². The lowest BCUT2D eigenvalue weighted by atomic mass is 10.0. The van der Waals surface area contributed by atoms with Crippen LogP contribution in [0.4, 0.5) is 5.82 Å². The molecule has 4 heterocycles. The van der Waals surface area contributed by atoms with Crippen LogP contribution in [0.15, 0.2) is 89.2 Å². The third-order valence-electron chi connectivity index (χ3n) is 10.1. The van der Waals surface area contributed by atoms with Gasteiger partial charge in [0.1, 0.15) is 22.9 Å². The topological polar surface area (TPSA) is 210 Å². The summed E-state index contributed by atoms with van der Waals surface area (Å²) in [6.07, 6.45) is 8.12. The second-order valence-corrected chi connectivity index (χ2v) is 15.3. The van der Waals surface area contributed by atoms with Crippen LogP contribution >= 0.6 is 23.4 Å². The molecule has 15 heteroatoms. The zero-order valence-corrected chi connectivity index (χ0v) is 33.0. The number of para-hydroxylation sites is 1. The van der Waals surface area contributed by atoms with Crippen LogP contribution < -0.4 is 33.2 Å². The number of pyridine rings is 2. The summed E-state index contributed by atoms with van der Waals surface area (Å²) in [5.41, 5.74) is 22.8. The van der Waals surface area contributed by atoms with Crippen LogP contribution in [0, 0.1) is 0 Å². The number of hydrogen-bond donors (Lipinski definition) is 7. The predicted octanol–water partition coefficient (Wildman–Crippen LogP) is 4.52. The maximum atomic E-state index is 14.6. The molecule has 0 aliphatic carbocycles. The normalized spacial score (nSPS) is 18.5. The third kappa shape index (κ3) is 9.87. The van der Waals surface area contributed by atoms with Gasteiger partial charge in [0.25, 0.3) is 0 Å². The first-order chi connectivity index (χ1) is 27.2. The smallest absolute Gasteiger partial charge is 0.245 e. The molecule has 1 aliphatic heterocycles. The Morgan fingerprint density at radius 1 is 0.857 bits per heavy atom. The van der Waals surface area contributed by atoms with E-state index < -0.39 is 18.1 Å². The lowest BCUT2D eigenvalue weighted by molar-refractivity contribution is -0.142. The zero-order valence-electron chi connectivity index (χ0n) is 31.4. The van der Waals surface area contributed by atoms with E-state index in [0.29, 0.717) is 72.5 Å². The molecule has 0 fully saturated rings. The number of hydrogen-bond acceptors (Lipinski definition) is 10. The first kappa shape index (κ1) is 40.7. The third-order valence-corrected chi connectivity index (χ3v) is 11.7. The number of nitrogen functional groups attached to an aromatic ring is 1. The molecule has 13 nitrogen and oxygen atoms in total. The summed E-state index contributed by atoms with van der Waals surface area (Å²) >= 11 is 8.48. The van der Waals surface area contributed by atoms with Gasteiger partial charge in [0, 0.05) is 60.9 Å². The SMILES string of the molecule is CN1C(=O)C(CCCCN)NC(=O)[C@H](CCCN)NCc2cccnc2Sc2c(Cl)cc(-c3ccnc(N)c3)cc2CNC(=O)C1Cc1c[nH]c2ccccc12. The molecule has 2 aromatic carbocycles. The van der Waals surface area contributed by atoms with E-state index in [1.807, 2.05) is 60.8 Å². The Morgan fingerprint density at radius 3 is 2.46 bits per heavy atom. The van der Waals surface area contributed by atoms with Crippen LogP contribution in [-0.4, -0.2) is 75.8 Å². The van der Waals surface area contributed by atoms with E-state index in [1.54, 1.807) is 25.5 Å². The summed E-state index contributed by atoms with van der Waals surface area (Å²) in [5, 5.41) is 11.7. The summed E-state index contributed by atoms with van der Waals surface area (Å²) in [6, 6.07) is 16.6. The largest absolute Gasteiger partial charge is 0.384 e. The van der Waals surface area contributed by atoms with Crippen molar-refractivity contribution in [2.75, 3.05) is 25.9 Å². The number of halogens is 1. The number of rotatable bonds is 10. The second-order valence-electron chi connectivity index (χ2n) is 13.9. The van der Waals surface area contributed by atoms with Gasteiger partial charge in [-0.15, -0.1) is 0 Å². The number of carbonyl (C=O) groups is 3. The second kappa shape index (κ2) is 19.2. The average Bonchev–Trinajstić information content (AvgIpc) is 3.61. The summed E-state index contributed by atoms with van der Waals surface area (Å²) in [5.74, 6) is -0.699. The van der Waals surface area contributed by atoms with Crippen LogP contribution in [0.5, 0.6) is 0 Å². The molecule has 10 N–H and O–H groups in total. The number of aromatic amines is 1. The fraction of sp³-hybridized carbons (Fsp3) is 0.341. The molecular formula is C41H49ClN10O3S. The molecule has 3 amide bonds. The Morgan fingerprint density at radius 2 is 1.66 bits per heavy atom. The summed E-state index contributed by atoms with van der Waals surface area (Å²) < 4.78 is 0.